The van der Waals surface area contributed by atoms with E-state index >= 15 is 0 Å². The molecule has 0 saturated heterocycles. The van der Waals surface area contributed by atoms with Crippen molar-refractivity contribution in [3.8, 4) is 10.8 Å². The van der Waals surface area contributed by atoms with Crippen molar-refractivity contribution in [1.29, 1.82) is 0 Å². The number of guanidine groups is 1. The fraction of sp³-hybridized carbons (Fsp3) is 0.471. The number of thiophene rings is 1. The summed E-state index contributed by atoms with van der Waals surface area (Å²) in [5.74, 6) is 1.08. The van der Waals surface area contributed by atoms with Crippen molar-refractivity contribution < 1.29 is 9.21 Å². The maximum atomic E-state index is 11.9. The second kappa shape index (κ2) is 8.66. The van der Waals surface area contributed by atoms with E-state index in [0.717, 1.165) is 10.6 Å². The van der Waals surface area contributed by atoms with Gasteiger partial charge in [0.2, 0.25) is 11.8 Å². The lowest BCUT2D eigenvalue weighted by atomic mass is 10.1. The van der Waals surface area contributed by atoms with Crippen LogP contribution in [0.3, 0.4) is 0 Å². The first-order chi connectivity index (χ1) is 11.9. The van der Waals surface area contributed by atoms with Crippen molar-refractivity contribution in [1.82, 2.24) is 20.9 Å². The van der Waals surface area contributed by atoms with Gasteiger partial charge in [0.25, 0.3) is 0 Å². The van der Waals surface area contributed by atoms with Gasteiger partial charge in [-0.3, -0.25) is 4.79 Å². The number of carbonyl (C=O) groups excluding carboxylic acids is 1. The summed E-state index contributed by atoms with van der Waals surface area (Å²) in [6, 6.07) is 3.92. The molecule has 25 heavy (non-hydrogen) atoms. The van der Waals surface area contributed by atoms with Crippen LogP contribution in [0.15, 0.2) is 33.2 Å². The minimum Gasteiger partial charge on any atom is -0.443 e. The molecule has 2 aromatic rings. The van der Waals surface area contributed by atoms with Gasteiger partial charge in [-0.15, -0.1) is 11.3 Å². The van der Waals surface area contributed by atoms with Gasteiger partial charge in [-0.25, -0.2) is 9.98 Å². The summed E-state index contributed by atoms with van der Waals surface area (Å²) < 4.78 is 5.48. The number of nitrogens with one attached hydrogen (secondary N) is 3. The molecule has 0 aromatic carbocycles. The average Bonchev–Trinajstić information content (AvgIpc) is 3.18. The molecule has 0 aliphatic rings. The molecule has 0 spiro atoms. The molecule has 2 heterocycles. The standard InChI is InChI=1S/C17H25N5O2S/c1-5-18-16(20-10-14(23)22-17(2,3)4)19-9-12-11-24-15(21-12)13-7-6-8-25-13/h6-8,11H,5,9-10H2,1-4H3,(H,22,23)(H2,18,19,20). The molecular weight excluding hydrogens is 338 g/mol. The highest BCUT2D eigenvalue weighted by Gasteiger charge is 2.13. The average molecular weight is 363 g/mol. The Labute approximate surface area is 151 Å². The predicted molar refractivity (Wildman–Crippen MR) is 101 cm³/mol. The van der Waals surface area contributed by atoms with Crippen LogP contribution in [0.5, 0.6) is 0 Å². The van der Waals surface area contributed by atoms with Crippen LogP contribution < -0.4 is 16.0 Å². The third-order valence-electron chi connectivity index (χ3n) is 2.96. The zero-order valence-corrected chi connectivity index (χ0v) is 15.9. The number of amides is 1. The number of aliphatic imine (C=N–C) groups is 1. The number of oxazole rings is 1. The van der Waals surface area contributed by atoms with Gasteiger partial charge < -0.3 is 20.4 Å². The number of carbonyl (C=O) groups is 1. The first-order valence-corrected chi connectivity index (χ1v) is 9.07. The van der Waals surface area contributed by atoms with Crippen molar-refractivity contribution >= 4 is 23.2 Å². The topological polar surface area (TPSA) is 91.6 Å². The molecule has 7 nitrogen and oxygen atoms in total. The Hall–Kier alpha value is -2.35. The third kappa shape index (κ3) is 6.58. The number of aromatic nitrogens is 1. The van der Waals surface area contributed by atoms with Crippen LogP contribution in [-0.4, -0.2) is 35.5 Å². The highest BCUT2D eigenvalue weighted by Crippen LogP contribution is 2.23. The van der Waals surface area contributed by atoms with Gasteiger partial charge in [0, 0.05) is 12.1 Å². The molecule has 3 N–H and O–H groups in total. The fourth-order valence-corrected chi connectivity index (χ4v) is 2.68. The normalized spacial score (nSPS) is 12.1. The lowest BCUT2D eigenvalue weighted by Gasteiger charge is -2.21. The summed E-state index contributed by atoms with van der Waals surface area (Å²) in [6.07, 6.45) is 1.61. The number of hydrogen-bond donors (Lipinski definition) is 3. The van der Waals surface area contributed by atoms with Crippen molar-refractivity contribution in [2.45, 2.75) is 39.8 Å². The molecule has 0 bridgehead atoms. The minimum atomic E-state index is -0.257. The first kappa shape index (κ1) is 19.0. The molecule has 136 valence electrons. The highest BCUT2D eigenvalue weighted by molar-refractivity contribution is 7.13. The van der Waals surface area contributed by atoms with E-state index in [1.807, 2.05) is 45.2 Å². The Morgan fingerprint density at radius 1 is 1.36 bits per heavy atom. The summed E-state index contributed by atoms with van der Waals surface area (Å²) in [5, 5.41) is 11.0. The molecular formula is C17H25N5O2S. The summed E-state index contributed by atoms with van der Waals surface area (Å²) in [7, 11) is 0. The molecule has 0 atom stereocenters. The van der Waals surface area contributed by atoms with Gasteiger partial charge in [0.15, 0.2) is 5.96 Å². The van der Waals surface area contributed by atoms with Gasteiger partial charge >= 0.3 is 0 Å². The Morgan fingerprint density at radius 3 is 2.80 bits per heavy atom. The fourth-order valence-electron chi connectivity index (χ4n) is 2.02. The second-order valence-electron chi connectivity index (χ2n) is 6.47. The van der Waals surface area contributed by atoms with Crippen molar-refractivity contribution in [2.75, 3.05) is 13.1 Å². The highest BCUT2D eigenvalue weighted by atomic mass is 32.1. The van der Waals surface area contributed by atoms with Crippen molar-refractivity contribution in [3.05, 3.63) is 29.5 Å². The number of nitrogens with zero attached hydrogens (tertiary/aromatic N) is 2. The summed E-state index contributed by atoms with van der Waals surface area (Å²) in [6.45, 7) is 9.02. The zero-order valence-electron chi connectivity index (χ0n) is 15.0. The zero-order chi connectivity index (χ0) is 18.3. The van der Waals surface area contributed by atoms with Crippen LogP contribution >= 0.6 is 11.3 Å². The van der Waals surface area contributed by atoms with Gasteiger partial charge in [-0.05, 0) is 39.1 Å². The second-order valence-corrected chi connectivity index (χ2v) is 7.42. The Balaban J connectivity index is 1.92. The molecule has 0 unspecified atom stereocenters. The number of rotatable bonds is 6. The van der Waals surface area contributed by atoms with Gasteiger partial charge in [0.05, 0.1) is 18.0 Å². The van der Waals surface area contributed by atoms with Crippen LogP contribution in [0.1, 0.15) is 33.4 Å². The van der Waals surface area contributed by atoms with Gasteiger partial charge in [-0.2, -0.15) is 0 Å². The molecule has 8 heteroatoms. The largest absolute Gasteiger partial charge is 0.443 e. The van der Waals surface area contributed by atoms with Gasteiger partial charge in [0.1, 0.15) is 12.0 Å². The van der Waals surface area contributed by atoms with Gasteiger partial charge in [-0.1, -0.05) is 6.07 Å². The lowest BCUT2D eigenvalue weighted by Crippen LogP contribution is -2.48. The van der Waals surface area contributed by atoms with Crippen LogP contribution in [0.25, 0.3) is 10.8 Å². The monoisotopic (exact) mass is 363 g/mol. The van der Waals surface area contributed by atoms with Crippen LogP contribution in [0, 0.1) is 0 Å². The molecule has 1 amide bonds. The van der Waals surface area contributed by atoms with E-state index in [4.69, 9.17) is 4.42 Å². The Kier molecular flexibility index (Phi) is 6.58. The predicted octanol–water partition coefficient (Wildman–Crippen LogP) is 2.37. The smallest absolute Gasteiger partial charge is 0.239 e. The van der Waals surface area contributed by atoms with E-state index in [9.17, 15) is 4.79 Å². The maximum Gasteiger partial charge on any atom is 0.239 e. The summed E-state index contributed by atoms with van der Waals surface area (Å²) in [5.41, 5.74) is 0.479. The van der Waals surface area contributed by atoms with E-state index < -0.39 is 0 Å². The minimum absolute atomic E-state index is 0.0838. The Bertz CT molecular complexity index is 701. The molecule has 2 rings (SSSR count). The lowest BCUT2D eigenvalue weighted by molar-refractivity contribution is -0.121. The first-order valence-electron chi connectivity index (χ1n) is 8.19. The van der Waals surface area contributed by atoms with Crippen LogP contribution in [0.2, 0.25) is 0 Å². The summed E-state index contributed by atoms with van der Waals surface area (Å²) >= 11 is 1.58. The maximum absolute atomic E-state index is 11.9. The molecule has 0 saturated carbocycles. The summed E-state index contributed by atoms with van der Waals surface area (Å²) in [4.78, 5) is 21.8. The number of hydrogen-bond acceptors (Lipinski definition) is 5. The molecule has 2 aromatic heterocycles. The van der Waals surface area contributed by atoms with E-state index in [2.05, 4.69) is 25.9 Å². The molecule has 0 aliphatic heterocycles. The van der Waals surface area contributed by atoms with E-state index in [1.54, 1.807) is 17.6 Å². The molecule has 0 aliphatic carbocycles. The van der Waals surface area contributed by atoms with E-state index in [1.165, 1.54) is 0 Å². The molecule has 0 radical (unpaired) electrons. The van der Waals surface area contributed by atoms with E-state index in [-0.39, 0.29) is 18.0 Å². The van der Waals surface area contributed by atoms with Crippen molar-refractivity contribution in [2.24, 2.45) is 4.99 Å². The Morgan fingerprint density at radius 2 is 2.16 bits per heavy atom. The van der Waals surface area contributed by atoms with Crippen molar-refractivity contribution in [3.63, 3.8) is 0 Å². The quantitative estimate of drug-likeness (QED) is 0.541. The SMILES string of the molecule is CCNC(=NCc1coc(-c2cccs2)n1)NCC(=O)NC(C)(C)C. The van der Waals surface area contributed by atoms with E-state index in [0.29, 0.717) is 24.9 Å². The van der Waals surface area contributed by atoms with Crippen LogP contribution in [-0.2, 0) is 11.3 Å². The van der Waals surface area contributed by atoms with Crippen LogP contribution in [0.4, 0.5) is 0 Å². The molecule has 0 fully saturated rings. The third-order valence-corrected chi connectivity index (χ3v) is 3.82.